The third-order valence-electron chi connectivity index (χ3n) is 15.0. The maximum Gasteiger partial charge on any atom is 0.243 e. The van der Waals surface area contributed by atoms with Crippen LogP contribution in [0.25, 0.3) is 11.4 Å². The van der Waals surface area contributed by atoms with Crippen LogP contribution < -0.4 is 31.7 Å². The van der Waals surface area contributed by atoms with Crippen molar-refractivity contribution in [1.82, 2.24) is 0 Å². The average molecular weight is 801 g/mol. The van der Waals surface area contributed by atoms with E-state index < -0.39 is 0 Å². The monoisotopic (exact) mass is 800 g/mol. The van der Waals surface area contributed by atoms with Crippen LogP contribution >= 0.6 is 0 Å². The molecule has 11 rings (SSSR count). The quantitative estimate of drug-likeness (QED) is 0.164. The number of rotatable bonds is 4. The van der Waals surface area contributed by atoms with Gasteiger partial charge in [0.2, 0.25) is 13.4 Å². The number of aryl methyl sites for hydroxylation is 6. The first-order chi connectivity index (χ1) is 29.8. The normalized spacial score (nSPS) is 16.5. The van der Waals surface area contributed by atoms with Crippen molar-refractivity contribution in [2.45, 2.75) is 80.1 Å². The lowest BCUT2D eigenvalue weighted by Crippen LogP contribution is -2.59. The fourth-order valence-electron chi connectivity index (χ4n) is 12.7. The number of nitrogens with zero attached hydrogens (tertiary/aromatic N) is 2. The molecule has 0 aromatic heterocycles. The Morgan fingerprint density at radius 3 is 1.10 bits per heavy atom. The molecule has 2 aliphatic heterocycles. The maximum absolute atomic E-state index is 2.69. The topological polar surface area (TPSA) is 6.48 Å². The molecule has 0 amide bonds. The van der Waals surface area contributed by atoms with E-state index in [1.54, 1.807) is 0 Å². The molecule has 2 aliphatic carbocycles. The number of allylic oxidation sites excluding steroid dienone is 2. The van der Waals surface area contributed by atoms with E-state index in [9.17, 15) is 0 Å². The van der Waals surface area contributed by atoms with E-state index >= 15 is 0 Å². The van der Waals surface area contributed by atoms with Crippen LogP contribution in [0.3, 0.4) is 0 Å². The number of hydrogen-bond acceptors (Lipinski definition) is 2. The van der Waals surface area contributed by atoms with Gasteiger partial charge in [-0.25, -0.2) is 0 Å². The number of anilines is 4. The molecule has 302 valence electrons. The van der Waals surface area contributed by atoms with Crippen LogP contribution in [0.2, 0.25) is 0 Å². The van der Waals surface area contributed by atoms with E-state index in [4.69, 9.17) is 0 Å². The molecule has 0 radical (unpaired) electrons. The lowest BCUT2D eigenvalue weighted by Gasteiger charge is -2.45. The largest absolute Gasteiger partial charge is 0.311 e. The molecular formula is C58H54B2N2. The Bertz CT molecular complexity index is 2850. The molecule has 0 atom stereocenters. The molecule has 2 nitrogen and oxygen atoms in total. The number of hydrogen-bond donors (Lipinski definition) is 0. The van der Waals surface area contributed by atoms with Crippen LogP contribution in [0.15, 0.2) is 157 Å². The Morgan fingerprint density at radius 1 is 0.387 bits per heavy atom. The predicted octanol–water partition coefficient (Wildman–Crippen LogP) is 11.5. The predicted molar refractivity (Wildman–Crippen MR) is 268 cm³/mol. The van der Waals surface area contributed by atoms with Crippen molar-refractivity contribution in [3.05, 3.63) is 212 Å². The average Bonchev–Trinajstić information content (AvgIpc) is 3.62. The summed E-state index contributed by atoms with van der Waals surface area (Å²) in [6, 6.07) is 55.6. The number of fused-ring (bicyclic) bond motifs is 6. The van der Waals surface area contributed by atoms with Crippen LogP contribution in [0, 0.1) is 41.5 Å². The third kappa shape index (κ3) is 5.31. The van der Waals surface area contributed by atoms with E-state index in [1.807, 2.05) is 0 Å². The van der Waals surface area contributed by atoms with Crippen molar-refractivity contribution in [1.29, 1.82) is 0 Å². The van der Waals surface area contributed by atoms with Gasteiger partial charge in [-0.05, 0) is 93.9 Å². The van der Waals surface area contributed by atoms with Gasteiger partial charge in [0.25, 0.3) is 0 Å². The molecule has 7 aromatic rings. The molecular weight excluding hydrogens is 746 g/mol. The molecule has 0 saturated heterocycles. The number of para-hydroxylation sites is 2. The summed E-state index contributed by atoms with van der Waals surface area (Å²) in [5, 5.41) is 0. The Hall–Kier alpha value is -6.25. The summed E-state index contributed by atoms with van der Waals surface area (Å²) in [4.78, 5) is 5.26. The van der Waals surface area contributed by atoms with Gasteiger partial charge in [-0.3, -0.25) is 0 Å². The molecule has 0 fully saturated rings. The van der Waals surface area contributed by atoms with Crippen molar-refractivity contribution in [2.75, 3.05) is 9.80 Å². The van der Waals surface area contributed by atoms with Gasteiger partial charge in [-0.15, -0.1) is 0 Å². The Morgan fingerprint density at radius 2 is 0.726 bits per heavy atom. The fourth-order valence-corrected chi connectivity index (χ4v) is 12.7. The summed E-state index contributed by atoms with van der Waals surface area (Å²) in [7, 11) is 0. The van der Waals surface area contributed by atoms with Gasteiger partial charge in [-0.1, -0.05) is 198 Å². The van der Waals surface area contributed by atoms with Crippen molar-refractivity contribution >= 4 is 69.4 Å². The zero-order valence-corrected chi connectivity index (χ0v) is 37.9. The molecule has 4 heteroatoms. The molecule has 0 bridgehead atoms. The standard InChI is InChI=1S/C58H54B2N2/c1-35-29-37(3)51(38(4)30-35)59-47-33-48-50(34-49(47)61(41-21-13-11-14-22-41)53-43-25-17-19-27-45(43)57(7,8)55(53)59)62(42-23-15-12-16-24-42)54-44-26-18-20-28-46(44)58(9,10)56(54)60(48)52-39(5)31-36(2)32-40(52)6/h11-34H,1-10H3. The molecule has 2 heterocycles. The summed E-state index contributed by atoms with van der Waals surface area (Å²) < 4.78 is 0. The van der Waals surface area contributed by atoms with E-state index in [0.29, 0.717) is 0 Å². The van der Waals surface area contributed by atoms with Gasteiger partial charge in [0, 0.05) is 56.1 Å². The zero-order valence-electron chi connectivity index (χ0n) is 37.9. The second kappa shape index (κ2) is 13.6. The highest BCUT2D eigenvalue weighted by atomic mass is 15.2. The molecule has 4 aliphatic rings. The Balaban J connectivity index is 1.33. The van der Waals surface area contributed by atoms with Crippen molar-refractivity contribution in [3.8, 4) is 0 Å². The SMILES string of the molecule is Cc1cc(C)c(B2C3=C(c4ccccc4C3(C)C)N(c3ccccc3)c3cc4c(cc32)B(c2c(C)cc(C)cc2C)C2=C(c3ccccc3C2(C)C)N4c2ccccc2)c(C)c1. The minimum Gasteiger partial charge on any atom is -0.311 e. The smallest absolute Gasteiger partial charge is 0.243 e. The third-order valence-corrected chi connectivity index (χ3v) is 15.0. The highest BCUT2D eigenvalue weighted by Crippen LogP contribution is 2.57. The van der Waals surface area contributed by atoms with E-state index in [-0.39, 0.29) is 24.3 Å². The first-order valence-electron chi connectivity index (χ1n) is 22.5. The lowest BCUT2D eigenvalue weighted by molar-refractivity contribution is 0.666. The molecule has 0 spiro atoms. The van der Waals surface area contributed by atoms with Gasteiger partial charge in [0.05, 0.1) is 0 Å². The van der Waals surface area contributed by atoms with Crippen molar-refractivity contribution in [2.24, 2.45) is 0 Å². The summed E-state index contributed by atoms with van der Waals surface area (Å²) in [5.41, 5.74) is 29.1. The minimum absolute atomic E-state index is 0.0310. The molecule has 0 saturated carbocycles. The zero-order chi connectivity index (χ0) is 43.0. The summed E-state index contributed by atoms with van der Waals surface area (Å²) >= 11 is 0. The van der Waals surface area contributed by atoms with Crippen LogP contribution in [0.1, 0.15) is 83.3 Å². The van der Waals surface area contributed by atoms with Crippen LogP contribution in [-0.4, -0.2) is 13.4 Å². The lowest BCUT2D eigenvalue weighted by atomic mass is 9.27. The van der Waals surface area contributed by atoms with Gasteiger partial charge < -0.3 is 9.80 Å². The summed E-state index contributed by atoms with van der Waals surface area (Å²) in [5.74, 6) is 0. The molecule has 62 heavy (non-hydrogen) atoms. The Labute approximate surface area is 369 Å². The van der Waals surface area contributed by atoms with Gasteiger partial charge in [-0.2, -0.15) is 0 Å². The molecule has 7 aromatic carbocycles. The van der Waals surface area contributed by atoms with Crippen LogP contribution in [0.5, 0.6) is 0 Å². The summed E-state index contributed by atoms with van der Waals surface area (Å²) in [6.07, 6.45) is 0. The van der Waals surface area contributed by atoms with Crippen LogP contribution in [-0.2, 0) is 10.8 Å². The second-order valence-corrected chi connectivity index (χ2v) is 19.7. The van der Waals surface area contributed by atoms with Gasteiger partial charge in [0.1, 0.15) is 0 Å². The first-order valence-corrected chi connectivity index (χ1v) is 22.5. The summed E-state index contributed by atoms with van der Waals surface area (Å²) in [6.45, 7) is 23.8. The fraction of sp³-hybridized carbons (Fsp3) is 0.207. The Kier molecular flexibility index (Phi) is 8.49. The van der Waals surface area contributed by atoms with E-state index in [2.05, 4.69) is 225 Å². The van der Waals surface area contributed by atoms with Gasteiger partial charge in [0.15, 0.2) is 0 Å². The maximum atomic E-state index is 2.69. The number of benzene rings is 7. The van der Waals surface area contributed by atoms with E-state index in [1.165, 1.54) is 123 Å². The minimum atomic E-state index is -0.231. The highest BCUT2D eigenvalue weighted by molar-refractivity contribution is 6.97. The van der Waals surface area contributed by atoms with Gasteiger partial charge >= 0.3 is 0 Å². The van der Waals surface area contributed by atoms with Crippen molar-refractivity contribution in [3.63, 3.8) is 0 Å². The highest BCUT2D eigenvalue weighted by Gasteiger charge is 2.54. The van der Waals surface area contributed by atoms with Crippen LogP contribution in [0.4, 0.5) is 22.7 Å². The van der Waals surface area contributed by atoms with E-state index in [0.717, 1.165) is 0 Å². The molecule has 0 N–H and O–H groups in total. The molecule has 0 unspecified atom stereocenters. The first kappa shape index (κ1) is 38.7. The van der Waals surface area contributed by atoms with Crippen molar-refractivity contribution < 1.29 is 0 Å². The second-order valence-electron chi connectivity index (χ2n) is 19.7.